The SMILES string of the molecule is N#CC(=Cc1csc(-c2ccsc2)n1)c1nnc2n1CCCCC2. The number of nitriles is 1. The molecule has 0 aliphatic carbocycles. The van der Waals surface area contributed by atoms with Gasteiger partial charge in [0.2, 0.25) is 0 Å². The van der Waals surface area contributed by atoms with Crippen molar-refractivity contribution < 1.29 is 0 Å². The molecule has 0 radical (unpaired) electrons. The smallest absolute Gasteiger partial charge is 0.174 e. The van der Waals surface area contributed by atoms with Crippen molar-refractivity contribution in [1.29, 1.82) is 5.26 Å². The number of fused-ring (bicyclic) bond motifs is 1. The van der Waals surface area contributed by atoms with Crippen molar-refractivity contribution in [2.75, 3.05) is 0 Å². The van der Waals surface area contributed by atoms with E-state index in [4.69, 9.17) is 0 Å². The number of allylic oxidation sites excluding steroid dienone is 1. The van der Waals surface area contributed by atoms with Crippen molar-refractivity contribution in [3.05, 3.63) is 39.5 Å². The molecule has 5 nitrogen and oxygen atoms in total. The van der Waals surface area contributed by atoms with Gasteiger partial charge in [-0.3, -0.25) is 0 Å². The maximum Gasteiger partial charge on any atom is 0.174 e. The lowest BCUT2D eigenvalue weighted by atomic mass is 10.2. The number of hydrogen-bond acceptors (Lipinski definition) is 6. The van der Waals surface area contributed by atoms with Crippen LogP contribution in [0.2, 0.25) is 0 Å². The van der Waals surface area contributed by atoms with Crippen LogP contribution >= 0.6 is 22.7 Å². The Kier molecular flexibility index (Phi) is 4.24. The van der Waals surface area contributed by atoms with Gasteiger partial charge in [-0.25, -0.2) is 4.98 Å². The van der Waals surface area contributed by atoms with Gasteiger partial charge in [0.25, 0.3) is 0 Å². The minimum Gasteiger partial charge on any atom is -0.310 e. The highest BCUT2D eigenvalue weighted by Gasteiger charge is 2.18. The molecule has 0 N–H and O–H groups in total. The molecule has 0 atom stereocenters. The third-order valence-electron chi connectivity index (χ3n) is 4.05. The Labute approximate surface area is 147 Å². The fourth-order valence-electron chi connectivity index (χ4n) is 2.85. The van der Waals surface area contributed by atoms with E-state index >= 15 is 0 Å². The lowest BCUT2D eigenvalue weighted by Gasteiger charge is -2.05. The predicted molar refractivity (Wildman–Crippen MR) is 96.5 cm³/mol. The Morgan fingerprint density at radius 2 is 2.21 bits per heavy atom. The molecule has 4 rings (SSSR count). The Hall–Kier alpha value is -2.30. The average molecular weight is 353 g/mol. The summed E-state index contributed by atoms with van der Waals surface area (Å²) >= 11 is 3.24. The molecule has 24 heavy (non-hydrogen) atoms. The number of aryl methyl sites for hydroxylation is 1. The van der Waals surface area contributed by atoms with Crippen LogP contribution in [0.25, 0.3) is 22.2 Å². The number of thiazole rings is 1. The molecule has 1 aliphatic heterocycles. The third kappa shape index (κ3) is 2.90. The van der Waals surface area contributed by atoms with E-state index in [2.05, 4.69) is 37.3 Å². The van der Waals surface area contributed by atoms with Gasteiger partial charge in [-0.15, -0.1) is 21.5 Å². The number of nitrogens with zero attached hydrogens (tertiary/aromatic N) is 5. The summed E-state index contributed by atoms with van der Waals surface area (Å²) in [6, 6.07) is 4.33. The molecule has 0 spiro atoms. The van der Waals surface area contributed by atoms with Crippen LogP contribution in [0.1, 0.15) is 36.6 Å². The monoisotopic (exact) mass is 353 g/mol. The van der Waals surface area contributed by atoms with Crippen molar-refractivity contribution in [3.8, 4) is 16.6 Å². The molecule has 7 heteroatoms. The summed E-state index contributed by atoms with van der Waals surface area (Å²) < 4.78 is 2.09. The zero-order valence-electron chi connectivity index (χ0n) is 13.0. The van der Waals surface area contributed by atoms with Gasteiger partial charge in [0.1, 0.15) is 16.9 Å². The van der Waals surface area contributed by atoms with Gasteiger partial charge in [0, 0.05) is 29.3 Å². The van der Waals surface area contributed by atoms with Gasteiger partial charge in [0.05, 0.1) is 11.3 Å². The van der Waals surface area contributed by atoms with Gasteiger partial charge >= 0.3 is 0 Å². The van der Waals surface area contributed by atoms with E-state index in [9.17, 15) is 5.26 Å². The highest BCUT2D eigenvalue weighted by atomic mass is 32.1. The van der Waals surface area contributed by atoms with Crippen molar-refractivity contribution in [1.82, 2.24) is 19.7 Å². The second-order valence-electron chi connectivity index (χ2n) is 5.66. The van der Waals surface area contributed by atoms with Crippen molar-refractivity contribution in [3.63, 3.8) is 0 Å². The first-order valence-electron chi connectivity index (χ1n) is 7.87. The van der Waals surface area contributed by atoms with Gasteiger partial charge in [-0.1, -0.05) is 6.42 Å². The fraction of sp³-hybridized carbons (Fsp3) is 0.294. The van der Waals surface area contributed by atoms with Gasteiger partial charge < -0.3 is 4.57 Å². The van der Waals surface area contributed by atoms with Crippen LogP contribution in [0.4, 0.5) is 0 Å². The molecule has 0 saturated heterocycles. The number of aromatic nitrogens is 4. The Bertz CT molecular complexity index is 911. The predicted octanol–water partition coefficient (Wildman–Crippen LogP) is 4.25. The number of thiophene rings is 1. The number of rotatable bonds is 3. The molecule has 4 heterocycles. The van der Waals surface area contributed by atoms with E-state index in [1.165, 1.54) is 6.42 Å². The molecule has 3 aromatic rings. The Balaban J connectivity index is 1.68. The van der Waals surface area contributed by atoms with Gasteiger partial charge in [-0.2, -0.15) is 16.6 Å². The Morgan fingerprint density at radius 1 is 1.25 bits per heavy atom. The van der Waals surface area contributed by atoms with Crippen LogP contribution < -0.4 is 0 Å². The molecular formula is C17H15N5S2. The second kappa shape index (κ2) is 6.67. The molecule has 120 valence electrons. The van der Waals surface area contributed by atoms with E-state index in [1.54, 1.807) is 22.7 Å². The molecule has 0 amide bonds. The topological polar surface area (TPSA) is 67.4 Å². The van der Waals surface area contributed by atoms with Gasteiger partial charge in [0.15, 0.2) is 5.82 Å². The lowest BCUT2D eigenvalue weighted by Crippen LogP contribution is -2.05. The lowest BCUT2D eigenvalue weighted by molar-refractivity contribution is 0.627. The average Bonchev–Trinajstić information content (AvgIpc) is 3.31. The summed E-state index contributed by atoms with van der Waals surface area (Å²) in [6.07, 6.45) is 6.19. The standard InChI is InChI=1S/C17H15N5S2/c18-9-13(16-21-20-15-4-2-1-3-6-22(15)16)8-14-11-24-17(19-14)12-5-7-23-10-12/h5,7-8,10-11H,1-4,6H2. The molecule has 3 aromatic heterocycles. The number of hydrogen-bond donors (Lipinski definition) is 0. The molecule has 0 unspecified atom stereocenters. The molecular weight excluding hydrogens is 338 g/mol. The minimum atomic E-state index is 0.526. The fourth-order valence-corrected chi connectivity index (χ4v) is 4.34. The summed E-state index contributed by atoms with van der Waals surface area (Å²) in [6.45, 7) is 0.883. The van der Waals surface area contributed by atoms with Crippen LogP contribution in [-0.2, 0) is 13.0 Å². The van der Waals surface area contributed by atoms with E-state index < -0.39 is 0 Å². The summed E-state index contributed by atoms with van der Waals surface area (Å²) in [5.74, 6) is 1.65. The molecule has 0 fully saturated rings. The van der Waals surface area contributed by atoms with E-state index in [-0.39, 0.29) is 0 Å². The first-order chi connectivity index (χ1) is 11.8. The quantitative estimate of drug-likeness (QED) is 0.660. The zero-order chi connectivity index (χ0) is 16.4. The van der Waals surface area contributed by atoms with Crippen LogP contribution in [0.3, 0.4) is 0 Å². The van der Waals surface area contributed by atoms with Crippen molar-refractivity contribution in [2.24, 2.45) is 0 Å². The normalized spacial score (nSPS) is 14.9. The maximum atomic E-state index is 9.60. The minimum absolute atomic E-state index is 0.526. The highest BCUT2D eigenvalue weighted by Crippen LogP contribution is 2.27. The maximum absolute atomic E-state index is 9.60. The largest absolute Gasteiger partial charge is 0.310 e. The molecule has 0 bridgehead atoms. The van der Waals surface area contributed by atoms with Crippen LogP contribution in [0.15, 0.2) is 22.2 Å². The molecule has 1 aliphatic rings. The van der Waals surface area contributed by atoms with Gasteiger partial charge in [-0.05, 0) is 30.4 Å². The summed E-state index contributed by atoms with van der Waals surface area (Å²) in [5, 5.41) is 25.2. The highest BCUT2D eigenvalue weighted by molar-refractivity contribution is 7.14. The summed E-state index contributed by atoms with van der Waals surface area (Å²) in [7, 11) is 0. The van der Waals surface area contributed by atoms with Crippen LogP contribution in [0.5, 0.6) is 0 Å². The van der Waals surface area contributed by atoms with Crippen molar-refractivity contribution >= 4 is 34.3 Å². The van der Waals surface area contributed by atoms with Crippen LogP contribution in [0, 0.1) is 11.3 Å². The molecule has 0 saturated carbocycles. The summed E-state index contributed by atoms with van der Waals surface area (Å²) in [4.78, 5) is 4.62. The zero-order valence-corrected chi connectivity index (χ0v) is 14.6. The van der Waals surface area contributed by atoms with E-state index in [0.29, 0.717) is 11.4 Å². The molecule has 0 aromatic carbocycles. The van der Waals surface area contributed by atoms with Crippen LogP contribution in [-0.4, -0.2) is 19.7 Å². The van der Waals surface area contributed by atoms with E-state index in [1.807, 2.05) is 16.8 Å². The Morgan fingerprint density at radius 3 is 3.04 bits per heavy atom. The summed E-state index contributed by atoms with van der Waals surface area (Å²) in [5.41, 5.74) is 2.45. The third-order valence-corrected chi connectivity index (χ3v) is 5.65. The van der Waals surface area contributed by atoms with Crippen molar-refractivity contribution in [2.45, 2.75) is 32.2 Å². The first kappa shape index (κ1) is 15.2. The second-order valence-corrected chi connectivity index (χ2v) is 7.30. The first-order valence-corrected chi connectivity index (χ1v) is 9.70. The van der Waals surface area contributed by atoms with E-state index in [0.717, 1.165) is 47.9 Å².